The SMILES string of the molecule is Cc1cc(F)cc(C)c1C=CCCS. The van der Waals surface area contributed by atoms with Crippen LogP contribution < -0.4 is 0 Å². The van der Waals surface area contributed by atoms with Gasteiger partial charge in [-0.1, -0.05) is 12.2 Å². The van der Waals surface area contributed by atoms with E-state index in [1.54, 1.807) is 12.1 Å². The molecule has 0 spiro atoms. The number of rotatable bonds is 3. The first-order chi connectivity index (χ1) is 6.65. The maximum atomic E-state index is 13.0. The van der Waals surface area contributed by atoms with E-state index in [9.17, 15) is 4.39 Å². The molecule has 1 aromatic rings. The van der Waals surface area contributed by atoms with Crippen molar-refractivity contribution in [2.75, 3.05) is 5.75 Å². The Hall–Kier alpha value is -0.760. The molecule has 0 aromatic heterocycles. The molecule has 0 aliphatic heterocycles. The molecule has 0 aliphatic rings. The molecular weight excluding hydrogens is 195 g/mol. The molecule has 1 aromatic carbocycles. The Morgan fingerprint density at radius 1 is 1.29 bits per heavy atom. The van der Waals surface area contributed by atoms with Crippen LogP contribution in [-0.2, 0) is 0 Å². The largest absolute Gasteiger partial charge is 0.207 e. The quantitative estimate of drug-likeness (QED) is 0.721. The molecule has 1 rings (SSSR count). The first-order valence-electron chi connectivity index (χ1n) is 4.69. The molecular formula is C12H15FS. The van der Waals surface area contributed by atoms with Crippen LogP contribution in [0.1, 0.15) is 23.1 Å². The summed E-state index contributed by atoms with van der Waals surface area (Å²) in [5.74, 6) is 0.682. The molecule has 0 saturated carbocycles. The number of halogens is 1. The lowest BCUT2D eigenvalue weighted by Gasteiger charge is -2.05. The zero-order valence-electron chi connectivity index (χ0n) is 8.55. The van der Waals surface area contributed by atoms with Crippen molar-refractivity contribution in [3.8, 4) is 0 Å². The number of hydrogen-bond donors (Lipinski definition) is 1. The predicted molar refractivity (Wildman–Crippen MR) is 63.4 cm³/mol. The smallest absolute Gasteiger partial charge is 0.123 e. The van der Waals surface area contributed by atoms with Crippen LogP contribution >= 0.6 is 12.6 Å². The van der Waals surface area contributed by atoms with Gasteiger partial charge in [0.2, 0.25) is 0 Å². The second kappa shape index (κ2) is 5.20. The van der Waals surface area contributed by atoms with Crippen molar-refractivity contribution >= 4 is 18.7 Å². The minimum atomic E-state index is -0.161. The Bertz CT molecular complexity index is 319. The summed E-state index contributed by atoms with van der Waals surface area (Å²) in [5, 5.41) is 0. The zero-order chi connectivity index (χ0) is 10.6. The average Bonchev–Trinajstić information content (AvgIpc) is 2.09. The molecule has 0 unspecified atom stereocenters. The summed E-state index contributed by atoms with van der Waals surface area (Å²) in [7, 11) is 0. The van der Waals surface area contributed by atoms with Crippen molar-refractivity contribution in [2.24, 2.45) is 0 Å². The van der Waals surface area contributed by atoms with E-state index >= 15 is 0 Å². The second-order valence-corrected chi connectivity index (χ2v) is 3.82. The van der Waals surface area contributed by atoms with Gasteiger partial charge in [-0.15, -0.1) is 0 Å². The van der Waals surface area contributed by atoms with Crippen LogP contribution in [0.2, 0.25) is 0 Å². The summed E-state index contributed by atoms with van der Waals surface area (Å²) in [6.45, 7) is 3.85. The molecule has 0 aliphatic carbocycles. The van der Waals surface area contributed by atoms with Gasteiger partial charge in [0.1, 0.15) is 5.82 Å². The maximum Gasteiger partial charge on any atom is 0.123 e. The van der Waals surface area contributed by atoms with Crippen LogP contribution in [-0.4, -0.2) is 5.75 Å². The van der Waals surface area contributed by atoms with Crippen LogP contribution in [0.15, 0.2) is 18.2 Å². The monoisotopic (exact) mass is 210 g/mol. The topological polar surface area (TPSA) is 0 Å². The fraction of sp³-hybridized carbons (Fsp3) is 0.333. The summed E-state index contributed by atoms with van der Waals surface area (Å²) in [6, 6.07) is 3.13. The lowest BCUT2D eigenvalue weighted by atomic mass is 10.0. The number of benzene rings is 1. The molecule has 0 nitrogen and oxygen atoms in total. The molecule has 0 N–H and O–H groups in total. The number of allylic oxidation sites excluding steroid dienone is 1. The molecule has 2 heteroatoms. The van der Waals surface area contributed by atoms with Crippen molar-refractivity contribution in [1.82, 2.24) is 0 Å². The van der Waals surface area contributed by atoms with Gasteiger partial charge in [0.25, 0.3) is 0 Å². The Balaban J connectivity index is 2.96. The fourth-order valence-electron chi connectivity index (χ4n) is 1.46. The highest BCUT2D eigenvalue weighted by molar-refractivity contribution is 7.80. The number of hydrogen-bond acceptors (Lipinski definition) is 1. The molecule has 0 fully saturated rings. The second-order valence-electron chi connectivity index (χ2n) is 3.37. The first-order valence-corrected chi connectivity index (χ1v) is 5.32. The molecule has 0 bridgehead atoms. The Morgan fingerprint density at radius 3 is 2.36 bits per heavy atom. The Labute approximate surface area is 90.3 Å². The van der Waals surface area contributed by atoms with Gasteiger partial charge in [0, 0.05) is 0 Å². The summed E-state index contributed by atoms with van der Waals surface area (Å²) < 4.78 is 13.0. The van der Waals surface area contributed by atoms with Crippen LogP contribution in [0.3, 0.4) is 0 Å². The van der Waals surface area contributed by atoms with Crippen molar-refractivity contribution in [2.45, 2.75) is 20.3 Å². The van der Waals surface area contributed by atoms with E-state index in [4.69, 9.17) is 0 Å². The molecule has 14 heavy (non-hydrogen) atoms. The van der Waals surface area contributed by atoms with Crippen molar-refractivity contribution < 1.29 is 4.39 Å². The maximum absolute atomic E-state index is 13.0. The highest BCUT2D eigenvalue weighted by atomic mass is 32.1. The lowest BCUT2D eigenvalue weighted by Crippen LogP contribution is -1.88. The van der Waals surface area contributed by atoms with E-state index in [2.05, 4.69) is 18.7 Å². The summed E-state index contributed by atoms with van der Waals surface area (Å²) in [4.78, 5) is 0. The normalized spacial score (nSPS) is 11.1. The summed E-state index contributed by atoms with van der Waals surface area (Å²) >= 11 is 4.12. The van der Waals surface area contributed by atoms with Crippen LogP contribution in [0.25, 0.3) is 6.08 Å². The standard InChI is InChI=1S/C12H15FS/c1-9-7-11(13)8-10(2)12(9)5-3-4-6-14/h3,5,7-8,14H,4,6H2,1-2H3. The van der Waals surface area contributed by atoms with Gasteiger partial charge in [0.05, 0.1) is 0 Å². The van der Waals surface area contributed by atoms with E-state index in [1.165, 1.54) is 0 Å². The zero-order valence-corrected chi connectivity index (χ0v) is 9.44. The Kier molecular flexibility index (Phi) is 4.21. The average molecular weight is 210 g/mol. The third-order valence-corrected chi connectivity index (χ3v) is 2.40. The number of thiol groups is 1. The lowest BCUT2D eigenvalue weighted by molar-refractivity contribution is 0.625. The third-order valence-electron chi connectivity index (χ3n) is 2.14. The molecule has 0 atom stereocenters. The van der Waals surface area contributed by atoms with Gasteiger partial charge in [-0.3, -0.25) is 0 Å². The van der Waals surface area contributed by atoms with Crippen molar-refractivity contribution in [3.05, 3.63) is 40.7 Å². The van der Waals surface area contributed by atoms with E-state index < -0.39 is 0 Å². The minimum absolute atomic E-state index is 0.161. The number of aryl methyl sites for hydroxylation is 2. The van der Waals surface area contributed by atoms with Crippen LogP contribution in [0, 0.1) is 19.7 Å². The van der Waals surface area contributed by atoms with E-state index in [1.807, 2.05) is 19.9 Å². The molecule has 0 saturated heterocycles. The Morgan fingerprint density at radius 2 is 1.86 bits per heavy atom. The van der Waals surface area contributed by atoms with Gasteiger partial charge in [-0.25, -0.2) is 4.39 Å². The van der Waals surface area contributed by atoms with Crippen molar-refractivity contribution in [3.63, 3.8) is 0 Å². The molecule has 0 amide bonds. The minimum Gasteiger partial charge on any atom is -0.207 e. The third kappa shape index (κ3) is 2.88. The predicted octanol–water partition coefficient (Wildman–Crippen LogP) is 3.78. The van der Waals surface area contributed by atoms with Gasteiger partial charge in [0.15, 0.2) is 0 Å². The highest BCUT2D eigenvalue weighted by Crippen LogP contribution is 2.17. The van der Waals surface area contributed by atoms with Crippen LogP contribution in [0.5, 0.6) is 0 Å². The van der Waals surface area contributed by atoms with Gasteiger partial charge in [-0.05, 0) is 54.8 Å². The van der Waals surface area contributed by atoms with Gasteiger partial charge in [-0.2, -0.15) is 12.6 Å². The van der Waals surface area contributed by atoms with E-state index in [0.29, 0.717) is 0 Å². The fourth-order valence-corrected chi connectivity index (χ4v) is 1.61. The molecule has 76 valence electrons. The van der Waals surface area contributed by atoms with Gasteiger partial charge >= 0.3 is 0 Å². The van der Waals surface area contributed by atoms with Gasteiger partial charge < -0.3 is 0 Å². The van der Waals surface area contributed by atoms with E-state index in [0.717, 1.165) is 28.9 Å². The highest BCUT2D eigenvalue weighted by Gasteiger charge is 2.01. The summed E-state index contributed by atoms with van der Waals surface area (Å²) in [6.07, 6.45) is 5.06. The summed E-state index contributed by atoms with van der Waals surface area (Å²) in [5.41, 5.74) is 3.09. The van der Waals surface area contributed by atoms with E-state index in [-0.39, 0.29) is 5.82 Å². The van der Waals surface area contributed by atoms with Crippen molar-refractivity contribution in [1.29, 1.82) is 0 Å². The first kappa shape index (κ1) is 11.3. The molecule has 0 radical (unpaired) electrons. The molecule has 0 heterocycles. The van der Waals surface area contributed by atoms with Crippen LogP contribution in [0.4, 0.5) is 4.39 Å².